The van der Waals surface area contributed by atoms with Crippen molar-refractivity contribution >= 4 is 88.0 Å². The largest absolute Gasteiger partial charge is 0.310 e. The van der Waals surface area contributed by atoms with Crippen LogP contribution in [0.15, 0.2) is 206 Å². The fraction of sp³-hybridized carbons (Fsp3) is 0. The minimum Gasteiger partial charge on any atom is -0.310 e. The quantitative estimate of drug-likeness (QED) is 0.164. The van der Waals surface area contributed by atoms with Crippen LogP contribution in [0.5, 0.6) is 0 Å². The van der Waals surface area contributed by atoms with Crippen LogP contribution in [-0.4, -0.2) is 0 Å². The van der Waals surface area contributed by atoms with E-state index in [0.717, 1.165) is 34.1 Å². The summed E-state index contributed by atoms with van der Waals surface area (Å²) >= 11 is 0. The topological polar surface area (TPSA) is 6.48 Å². The number of para-hydroxylation sites is 4. The number of benzene rings is 10. The van der Waals surface area contributed by atoms with Crippen molar-refractivity contribution in [1.29, 1.82) is 0 Å². The lowest BCUT2D eigenvalue weighted by Gasteiger charge is -2.29. The smallest absolute Gasteiger partial charge is 0.0546 e. The second-order valence-electron chi connectivity index (χ2n) is 13.3. The summed E-state index contributed by atoms with van der Waals surface area (Å²) in [5.74, 6) is 0. The van der Waals surface area contributed by atoms with Gasteiger partial charge >= 0.3 is 0 Å². The van der Waals surface area contributed by atoms with Crippen molar-refractivity contribution in [3.05, 3.63) is 206 Å². The van der Waals surface area contributed by atoms with E-state index in [1.54, 1.807) is 0 Å². The monoisotopic (exact) mass is 662 g/mol. The summed E-state index contributed by atoms with van der Waals surface area (Å²) in [7, 11) is 0. The van der Waals surface area contributed by atoms with Crippen molar-refractivity contribution in [3.63, 3.8) is 0 Å². The van der Waals surface area contributed by atoms with Crippen molar-refractivity contribution in [2.45, 2.75) is 0 Å². The van der Waals surface area contributed by atoms with Gasteiger partial charge in [-0.3, -0.25) is 0 Å². The van der Waals surface area contributed by atoms with Gasteiger partial charge in [0.1, 0.15) is 0 Å². The van der Waals surface area contributed by atoms with Crippen LogP contribution in [0.2, 0.25) is 0 Å². The molecule has 0 saturated heterocycles. The van der Waals surface area contributed by atoms with Gasteiger partial charge in [0.25, 0.3) is 0 Å². The van der Waals surface area contributed by atoms with Gasteiger partial charge in [0.2, 0.25) is 0 Å². The SMILES string of the molecule is c1ccc(N(c2ccccc2)c2cc3c4ccccc4c4cc(N(c5ccccc5)c5ccccc5)c5ccccc5c4c3c3ccccc23)cc1. The van der Waals surface area contributed by atoms with Crippen LogP contribution in [0, 0.1) is 0 Å². The first kappa shape index (κ1) is 30.0. The van der Waals surface area contributed by atoms with E-state index in [2.05, 4.69) is 216 Å². The van der Waals surface area contributed by atoms with E-state index in [9.17, 15) is 0 Å². The first-order valence-corrected chi connectivity index (χ1v) is 17.9. The molecule has 10 rings (SSSR count). The van der Waals surface area contributed by atoms with Crippen molar-refractivity contribution < 1.29 is 0 Å². The Morgan fingerprint density at radius 2 is 0.462 bits per heavy atom. The fourth-order valence-corrected chi connectivity index (χ4v) is 8.16. The molecule has 0 heterocycles. The molecule has 10 aromatic carbocycles. The Bertz CT molecular complexity index is 2610. The second kappa shape index (κ2) is 12.5. The van der Waals surface area contributed by atoms with E-state index < -0.39 is 0 Å². The molecule has 10 aromatic rings. The van der Waals surface area contributed by atoms with Gasteiger partial charge in [-0.25, -0.2) is 0 Å². The zero-order valence-corrected chi connectivity index (χ0v) is 28.5. The molecule has 0 bridgehead atoms. The Balaban J connectivity index is 1.38. The normalized spacial score (nSPS) is 11.5. The van der Waals surface area contributed by atoms with E-state index in [-0.39, 0.29) is 0 Å². The van der Waals surface area contributed by atoms with Gasteiger partial charge < -0.3 is 9.80 Å². The average Bonchev–Trinajstić information content (AvgIpc) is 3.22. The molecule has 0 aliphatic heterocycles. The van der Waals surface area contributed by atoms with Crippen LogP contribution < -0.4 is 9.80 Å². The minimum absolute atomic E-state index is 1.13. The number of fused-ring (bicyclic) bond motifs is 10. The Morgan fingerprint density at radius 1 is 0.212 bits per heavy atom. The van der Waals surface area contributed by atoms with E-state index in [1.807, 2.05) is 0 Å². The summed E-state index contributed by atoms with van der Waals surface area (Å²) in [5, 5.41) is 12.4. The minimum atomic E-state index is 1.13. The molecule has 0 aromatic heterocycles. The van der Waals surface area contributed by atoms with Crippen LogP contribution in [0.1, 0.15) is 0 Å². The zero-order valence-electron chi connectivity index (χ0n) is 28.5. The lowest BCUT2D eigenvalue weighted by Crippen LogP contribution is -2.11. The van der Waals surface area contributed by atoms with Crippen LogP contribution in [-0.2, 0) is 0 Å². The highest BCUT2D eigenvalue weighted by Crippen LogP contribution is 2.50. The molecule has 0 saturated carbocycles. The van der Waals surface area contributed by atoms with Gasteiger partial charge in [0.05, 0.1) is 11.4 Å². The molecule has 0 atom stereocenters. The molecule has 0 radical (unpaired) electrons. The first-order valence-electron chi connectivity index (χ1n) is 17.9. The Labute approximate surface area is 303 Å². The first-order chi connectivity index (χ1) is 25.8. The lowest BCUT2D eigenvalue weighted by atomic mass is 9.87. The van der Waals surface area contributed by atoms with Crippen molar-refractivity contribution in [1.82, 2.24) is 0 Å². The molecule has 0 fully saturated rings. The van der Waals surface area contributed by atoms with Gasteiger partial charge in [-0.1, -0.05) is 146 Å². The summed E-state index contributed by atoms with van der Waals surface area (Å²) in [4.78, 5) is 4.80. The van der Waals surface area contributed by atoms with E-state index in [0.29, 0.717) is 0 Å². The number of hydrogen-bond donors (Lipinski definition) is 0. The molecule has 0 amide bonds. The van der Waals surface area contributed by atoms with E-state index >= 15 is 0 Å². The highest BCUT2D eigenvalue weighted by atomic mass is 15.1. The molecule has 52 heavy (non-hydrogen) atoms. The summed E-state index contributed by atoms with van der Waals surface area (Å²) < 4.78 is 0. The molecule has 0 unspecified atom stereocenters. The molecule has 0 N–H and O–H groups in total. The summed E-state index contributed by atoms with van der Waals surface area (Å²) in [6.45, 7) is 0. The van der Waals surface area contributed by atoms with Crippen molar-refractivity contribution in [2.24, 2.45) is 0 Å². The Morgan fingerprint density at radius 3 is 0.769 bits per heavy atom. The molecular formula is C50H34N2. The fourth-order valence-electron chi connectivity index (χ4n) is 8.16. The van der Waals surface area contributed by atoms with E-state index in [1.165, 1.54) is 53.9 Å². The Kier molecular flexibility index (Phi) is 7.18. The molecule has 244 valence electrons. The molecule has 0 aliphatic carbocycles. The highest BCUT2D eigenvalue weighted by molar-refractivity contribution is 6.38. The molecule has 2 nitrogen and oxygen atoms in total. The third-order valence-electron chi connectivity index (χ3n) is 10.3. The number of nitrogens with zero attached hydrogens (tertiary/aromatic N) is 2. The van der Waals surface area contributed by atoms with E-state index in [4.69, 9.17) is 0 Å². The number of rotatable bonds is 6. The summed E-state index contributed by atoms with van der Waals surface area (Å²) in [5.41, 5.74) is 6.82. The van der Waals surface area contributed by atoms with Crippen LogP contribution >= 0.6 is 0 Å². The third-order valence-corrected chi connectivity index (χ3v) is 10.3. The van der Waals surface area contributed by atoms with Gasteiger partial charge in [0.15, 0.2) is 0 Å². The molecule has 0 spiro atoms. The number of hydrogen-bond acceptors (Lipinski definition) is 2. The maximum Gasteiger partial charge on any atom is 0.0546 e. The second-order valence-corrected chi connectivity index (χ2v) is 13.3. The van der Waals surface area contributed by atoms with Crippen LogP contribution in [0.4, 0.5) is 34.1 Å². The predicted octanol–water partition coefficient (Wildman–Crippen LogP) is 14.4. The van der Waals surface area contributed by atoms with Crippen molar-refractivity contribution in [3.8, 4) is 0 Å². The lowest BCUT2D eigenvalue weighted by molar-refractivity contribution is 1.30. The molecular weight excluding hydrogens is 629 g/mol. The zero-order chi connectivity index (χ0) is 34.4. The maximum atomic E-state index is 2.43. The standard InChI is InChI=1S/C50H34N2/c1-5-19-35(20-6-1)51(36-21-7-2-8-22-36)47-33-45-39-27-13-14-28-40(39)46-34-48(52(37-23-9-3-10-24-37)38-25-11-4-12-26-38)42-30-16-18-32-44(42)50(46)49(45)43-31-17-15-29-41(43)47/h1-34H. The Hall–Kier alpha value is -6.90. The predicted molar refractivity (Wildman–Crippen MR) is 223 cm³/mol. The molecule has 2 heteroatoms. The summed E-state index contributed by atoms with van der Waals surface area (Å²) in [6.07, 6.45) is 0. The van der Waals surface area contributed by atoms with Gasteiger partial charge in [-0.05, 0) is 104 Å². The maximum absolute atomic E-state index is 2.43. The van der Waals surface area contributed by atoms with Gasteiger partial charge in [0, 0.05) is 33.5 Å². The van der Waals surface area contributed by atoms with Crippen LogP contribution in [0.3, 0.4) is 0 Å². The van der Waals surface area contributed by atoms with Gasteiger partial charge in [-0.2, -0.15) is 0 Å². The summed E-state index contributed by atoms with van der Waals surface area (Å²) in [6, 6.07) is 74.6. The third kappa shape index (κ3) is 4.80. The average molecular weight is 663 g/mol. The van der Waals surface area contributed by atoms with Gasteiger partial charge in [-0.15, -0.1) is 0 Å². The van der Waals surface area contributed by atoms with Crippen LogP contribution in [0.25, 0.3) is 53.9 Å². The molecule has 0 aliphatic rings. The number of anilines is 6. The highest BCUT2D eigenvalue weighted by Gasteiger charge is 2.23. The van der Waals surface area contributed by atoms with Crippen molar-refractivity contribution in [2.75, 3.05) is 9.80 Å².